The highest BCUT2D eigenvalue weighted by molar-refractivity contribution is 7.89. The van der Waals surface area contributed by atoms with Crippen LogP contribution in [-0.4, -0.2) is 63.7 Å². The average Bonchev–Trinajstić information content (AvgIpc) is 3.09. The van der Waals surface area contributed by atoms with E-state index in [0.29, 0.717) is 18.7 Å². The second-order valence-electron chi connectivity index (χ2n) is 8.03. The van der Waals surface area contributed by atoms with Crippen LogP contribution in [0, 0.1) is 0 Å². The number of ether oxygens (including phenoxy) is 1. The van der Waals surface area contributed by atoms with Crippen LogP contribution in [0.25, 0.3) is 0 Å². The van der Waals surface area contributed by atoms with E-state index in [1.807, 2.05) is 0 Å². The van der Waals surface area contributed by atoms with Crippen molar-refractivity contribution in [2.24, 2.45) is 0 Å². The van der Waals surface area contributed by atoms with E-state index in [-0.39, 0.29) is 32.8 Å². The maximum atomic E-state index is 13.3. The lowest BCUT2D eigenvalue weighted by atomic mass is 10.1. The van der Waals surface area contributed by atoms with Crippen molar-refractivity contribution in [2.45, 2.75) is 30.6 Å². The first-order valence-corrected chi connectivity index (χ1v) is 12.5. The fraction of sp³-hybridized carbons (Fsp3) is 0.391. The summed E-state index contributed by atoms with van der Waals surface area (Å²) in [7, 11) is 0.800. The normalized spacial score (nSPS) is 14.9. The van der Waals surface area contributed by atoms with Gasteiger partial charge in [-0.05, 0) is 49.2 Å². The Labute approximate surface area is 199 Å². The van der Waals surface area contributed by atoms with Crippen molar-refractivity contribution in [3.8, 4) is 5.75 Å². The van der Waals surface area contributed by atoms with Crippen molar-refractivity contribution >= 4 is 39.1 Å². The van der Waals surface area contributed by atoms with E-state index in [1.165, 1.54) is 46.6 Å². The number of nitrogens with zero attached hydrogens (tertiary/aromatic N) is 2. The van der Waals surface area contributed by atoms with E-state index in [9.17, 15) is 18.0 Å². The Bertz CT molecular complexity index is 1140. The van der Waals surface area contributed by atoms with Crippen molar-refractivity contribution in [3.05, 3.63) is 52.5 Å². The Morgan fingerprint density at radius 1 is 1.00 bits per heavy atom. The van der Waals surface area contributed by atoms with Gasteiger partial charge in [-0.15, -0.1) is 0 Å². The molecule has 0 aromatic heterocycles. The minimum atomic E-state index is -3.84. The monoisotopic (exact) mass is 493 g/mol. The predicted molar refractivity (Wildman–Crippen MR) is 128 cm³/mol. The number of anilines is 1. The van der Waals surface area contributed by atoms with Crippen LogP contribution in [0.15, 0.2) is 41.3 Å². The Balaban J connectivity index is 1.92. The number of carbonyl (C=O) groups is 2. The fourth-order valence-electron chi connectivity index (χ4n) is 3.65. The molecule has 0 unspecified atom stereocenters. The lowest BCUT2D eigenvalue weighted by molar-refractivity contribution is 0.0827. The van der Waals surface area contributed by atoms with Crippen molar-refractivity contribution < 1.29 is 22.7 Å². The number of amides is 2. The van der Waals surface area contributed by atoms with Crippen molar-refractivity contribution in [3.63, 3.8) is 0 Å². The highest BCUT2D eigenvalue weighted by Crippen LogP contribution is 2.30. The lowest BCUT2D eigenvalue weighted by Crippen LogP contribution is -2.32. The predicted octanol–water partition coefficient (Wildman–Crippen LogP) is 3.87. The van der Waals surface area contributed by atoms with E-state index in [4.69, 9.17) is 16.3 Å². The molecule has 0 saturated carbocycles. The first-order valence-electron chi connectivity index (χ1n) is 10.7. The fourth-order valence-corrected chi connectivity index (χ4v) is 5.51. The SMILES string of the molecule is COc1ccc(C(=O)Nc2cc(C(=O)N(C)C)ccc2Cl)cc1S(=O)(=O)N1CCCCCC1. The minimum Gasteiger partial charge on any atom is -0.495 e. The van der Waals surface area contributed by atoms with Crippen LogP contribution in [0.4, 0.5) is 5.69 Å². The number of benzene rings is 2. The van der Waals surface area contributed by atoms with Gasteiger partial charge < -0.3 is 15.0 Å². The molecule has 1 fully saturated rings. The number of hydrogen-bond donors (Lipinski definition) is 1. The summed E-state index contributed by atoms with van der Waals surface area (Å²) in [6.45, 7) is 0.869. The molecule has 8 nitrogen and oxygen atoms in total. The second-order valence-corrected chi connectivity index (χ2v) is 10.3. The zero-order chi connectivity index (χ0) is 24.2. The van der Waals surface area contributed by atoms with Gasteiger partial charge in [0.2, 0.25) is 10.0 Å². The summed E-state index contributed by atoms with van der Waals surface area (Å²) in [5.41, 5.74) is 0.741. The van der Waals surface area contributed by atoms with Gasteiger partial charge in [0.15, 0.2) is 0 Å². The molecule has 10 heteroatoms. The quantitative estimate of drug-likeness (QED) is 0.659. The summed E-state index contributed by atoms with van der Waals surface area (Å²) in [4.78, 5) is 26.6. The maximum absolute atomic E-state index is 13.3. The average molecular weight is 494 g/mol. The van der Waals surface area contributed by atoms with Gasteiger partial charge in [-0.1, -0.05) is 24.4 Å². The molecule has 33 heavy (non-hydrogen) atoms. The van der Waals surface area contributed by atoms with E-state index < -0.39 is 15.9 Å². The van der Waals surface area contributed by atoms with Gasteiger partial charge in [0.05, 0.1) is 17.8 Å². The van der Waals surface area contributed by atoms with E-state index in [2.05, 4.69) is 5.32 Å². The molecule has 0 aliphatic carbocycles. The van der Waals surface area contributed by atoms with Gasteiger partial charge in [0.25, 0.3) is 11.8 Å². The number of nitrogens with one attached hydrogen (secondary N) is 1. The number of methoxy groups -OCH3 is 1. The largest absolute Gasteiger partial charge is 0.495 e. The number of carbonyl (C=O) groups excluding carboxylic acids is 2. The number of sulfonamides is 1. The molecule has 178 valence electrons. The Morgan fingerprint density at radius 3 is 2.24 bits per heavy atom. The summed E-state index contributed by atoms with van der Waals surface area (Å²) in [6.07, 6.45) is 3.56. The first kappa shape index (κ1) is 25.0. The molecule has 1 saturated heterocycles. The molecular formula is C23H28ClN3O5S. The van der Waals surface area contributed by atoms with Crippen LogP contribution in [0.3, 0.4) is 0 Å². The lowest BCUT2D eigenvalue weighted by Gasteiger charge is -2.21. The molecule has 0 spiro atoms. The number of halogens is 1. The summed E-state index contributed by atoms with van der Waals surface area (Å²) in [6, 6.07) is 8.85. The Morgan fingerprint density at radius 2 is 1.64 bits per heavy atom. The molecule has 1 heterocycles. The zero-order valence-corrected chi connectivity index (χ0v) is 20.5. The molecule has 2 amide bonds. The number of hydrogen-bond acceptors (Lipinski definition) is 5. The summed E-state index contributed by atoms with van der Waals surface area (Å²) < 4.78 is 33.4. The van der Waals surface area contributed by atoms with Gasteiger partial charge in [-0.3, -0.25) is 9.59 Å². The highest BCUT2D eigenvalue weighted by Gasteiger charge is 2.29. The standard InChI is InChI=1S/C23H28ClN3O5S/c1-26(2)23(29)17-8-10-18(24)19(14-17)25-22(28)16-9-11-20(32-3)21(15-16)33(30,31)27-12-6-4-5-7-13-27/h8-11,14-15H,4-7,12-13H2,1-3H3,(H,25,28). The van der Waals surface area contributed by atoms with E-state index in [0.717, 1.165) is 25.7 Å². The molecule has 0 bridgehead atoms. The molecule has 1 aliphatic heterocycles. The molecule has 3 rings (SSSR count). The van der Waals surface area contributed by atoms with Crippen LogP contribution in [0.1, 0.15) is 46.4 Å². The van der Waals surface area contributed by atoms with Crippen LogP contribution in [0.5, 0.6) is 5.75 Å². The molecule has 0 radical (unpaired) electrons. The van der Waals surface area contributed by atoms with Gasteiger partial charge in [0, 0.05) is 38.3 Å². The summed E-state index contributed by atoms with van der Waals surface area (Å²) in [5.74, 6) is -0.619. The molecule has 0 atom stereocenters. The number of rotatable bonds is 6. The Kier molecular flexibility index (Phi) is 7.99. The van der Waals surface area contributed by atoms with Crippen molar-refractivity contribution in [2.75, 3.05) is 39.6 Å². The van der Waals surface area contributed by atoms with Gasteiger partial charge in [0.1, 0.15) is 10.6 Å². The van der Waals surface area contributed by atoms with Crippen LogP contribution >= 0.6 is 11.6 Å². The smallest absolute Gasteiger partial charge is 0.255 e. The van der Waals surface area contributed by atoms with Crippen LogP contribution < -0.4 is 10.1 Å². The highest BCUT2D eigenvalue weighted by atomic mass is 35.5. The van der Waals surface area contributed by atoms with Crippen LogP contribution in [-0.2, 0) is 10.0 Å². The third-order valence-corrected chi connectivity index (χ3v) is 7.73. The molecular weight excluding hydrogens is 466 g/mol. The first-order chi connectivity index (χ1) is 15.6. The Hall–Kier alpha value is -2.62. The summed E-state index contributed by atoms with van der Waals surface area (Å²) >= 11 is 6.22. The van der Waals surface area contributed by atoms with Gasteiger partial charge >= 0.3 is 0 Å². The van der Waals surface area contributed by atoms with Crippen LogP contribution in [0.2, 0.25) is 5.02 Å². The molecule has 1 aliphatic rings. The van der Waals surface area contributed by atoms with E-state index in [1.54, 1.807) is 20.2 Å². The minimum absolute atomic E-state index is 0.0535. The van der Waals surface area contributed by atoms with Gasteiger partial charge in [-0.25, -0.2) is 8.42 Å². The summed E-state index contributed by atoms with van der Waals surface area (Å²) in [5, 5.41) is 2.93. The van der Waals surface area contributed by atoms with Gasteiger partial charge in [-0.2, -0.15) is 4.31 Å². The third-order valence-electron chi connectivity index (χ3n) is 5.48. The second kappa shape index (κ2) is 10.5. The molecule has 2 aromatic carbocycles. The maximum Gasteiger partial charge on any atom is 0.255 e. The van der Waals surface area contributed by atoms with E-state index >= 15 is 0 Å². The zero-order valence-electron chi connectivity index (χ0n) is 18.9. The topological polar surface area (TPSA) is 96.0 Å². The van der Waals surface area contributed by atoms with Crippen molar-refractivity contribution in [1.29, 1.82) is 0 Å². The van der Waals surface area contributed by atoms with Crippen molar-refractivity contribution in [1.82, 2.24) is 9.21 Å². The molecule has 2 aromatic rings. The third kappa shape index (κ3) is 5.66. The molecule has 1 N–H and O–H groups in total.